The van der Waals surface area contributed by atoms with Gasteiger partial charge in [0.15, 0.2) is 3.95 Å². The average molecular weight is 292 g/mol. The van der Waals surface area contributed by atoms with E-state index < -0.39 is 12.6 Å². The Kier molecular flexibility index (Phi) is 3.12. The highest BCUT2D eigenvalue weighted by atomic mass is 32.1. The second-order valence-electron chi connectivity index (χ2n) is 4.26. The number of hydrogen-bond donors (Lipinski definition) is 1. The predicted octanol–water partition coefficient (Wildman–Crippen LogP) is 1.70. The standard InChI is InChI=1S/C13H11NO3S2/c15-11(16)6-17-9-3-1-2-8-7(9)4-5-10-12(8)14-13(18)19-10/h1-3H,4-6H2,(H,14,18)(H,15,16)/p-1. The molecule has 2 aromatic rings. The van der Waals surface area contributed by atoms with E-state index in [9.17, 15) is 9.90 Å². The largest absolute Gasteiger partial charge is 0.546 e. The normalized spacial score (nSPS) is 12.6. The molecule has 4 nitrogen and oxygen atoms in total. The van der Waals surface area contributed by atoms with E-state index in [4.69, 9.17) is 17.0 Å². The molecule has 1 heterocycles. The van der Waals surface area contributed by atoms with Gasteiger partial charge in [-0.1, -0.05) is 12.1 Å². The van der Waals surface area contributed by atoms with Crippen molar-refractivity contribution in [1.29, 1.82) is 0 Å². The maximum absolute atomic E-state index is 10.5. The van der Waals surface area contributed by atoms with E-state index in [1.54, 1.807) is 17.4 Å². The van der Waals surface area contributed by atoms with Gasteiger partial charge in [-0.3, -0.25) is 0 Å². The van der Waals surface area contributed by atoms with E-state index in [-0.39, 0.29) is 0 Å². The molecule has 0 spiro atoms. The molecule has 0 bridgehead atoms. The van der Waals surface area contributed by atoms with Gasteiger partial charge in [-0.25, -0.2) is 0 Å². The SMILES string of the molecule is O=C([O-])COc1cccc2c1CCc1sc(=S)[nH]c1-2. The van der Waals surface area contributed by atoms with Gasteiger partial charge in [-0.05, 0) is 31.1 Å². The third-order valence-corrected chi connectivity index (χ3v) is 4.37. The summed E-state index contributed by atoms with van der Waals surface area (Å²) in [5, 5.41) is 10.5. The van der Waals surface area contributed by atoms with Crippen LogP contribution in [-0.2, 0) is 17.6 Å². The molecule has 0 radical (unpaired) electrons. The Morgan fingerprint density at radius 3 is 3.11 bits per heavy atom. The number of aromatic amines is 1. The number of carboxylic acids is 1. The van der Waals surface area contributed by atoms with Crippen LogP contribution in [0.25, 0.3) is 11.3 Å². The second kappa shape index (κ2) is 4.79. The Balaban J connectivity index is 2.05. The minimum absolute atomic E-state index is 0.428. The topological polar surface area (TPSA) is 65.2 Å². The summed E-state index contributed by atoms with van der Waals surface area (Å²) >= 11 is 6.77. The molecule has 6 heteroatoms. The first kappa shape index (κ1) is 12.4. The Hall–Kier alpha value is -1.66. The number of aryl methyl sites for hydroxylation is 1. The lowest BCUT2D eigenvalue weighted by Crippen LogP contribution is -2.29. The van der Waals surface area contributed by atoms with Crippen LogP contribution >= 0.6 is 23.6 Å². The van der Waals surface area contributed by atoms with Crippen molar-refractivity contribution < 1.29 is 14.6 Å². The van der Waals surface area contributed by atoms with Crippen LogP contribution in [0.4, 0.5) is 0 Å². The smallest absolute Gasteiger partial charge is 0.159 e. The van der Waals surface area contributed by atoms with Gasteiger partial charge in [0.05, 0.1) is 11.7 Å². The maximum atomic E-state index is 10.5. The third kappa shape index (κ3) is 2.29. The molecule has 19 heavy (non-hydrogen) atoms. The molecule has 0 aliphatic heterocycles. The van der Waals surface area contributed by atoms with Crippen LogP contribution in [0.3, 0.4) is 0 Å². The minimum atomic E-state index is -1.22. The summed E-state index contributed by atoms with van der Waals surface area (Å²) in [6.45, 7) is -0.428. The summed E-state index contributed by atoms with van der Waals surface area (Å²) in [7, 11) is 0. The Labute approximate surface area is 118 Å². The zero-order chi connectivity index (χ0) is 13.4. The monoisotopic (exact) mass is 292 g/mol. The molecule has 0 unspecified atom stereocenters. The number of nitrogens with one attached hydrogen (secondary N) is 1. The number of rotatable bonds is 3. The number of H-pyrrole nitrogens is 1. The lowest BCUT2D eigenvalue weighted by Gasteiger charge is -2.19. The molecule has 1 N–H and O–H groups in total. The average Bonchev–Trinajstić information content (AvgIpc) is 2.76. The summed E-state index contributed by atoms with van der Waals surface area (Å²) in [4.78, 5) is 14.9. The van der Waals surface area contributed by atoms with Gasteiger partial charge in [0.25, 0.3) is 0 Å². The number of carbonyl (C=O) groups excluding carboxylic acids is 1. The zero-order valence-corrected chi connectivity index (χ0v) is 11.5. The van der Waals surface area contributed by atoms with E-state index in [1.165, 1.54) is 4.88 Å². The summed E-state index contributed by atoms with van der Waals surface area (Å²) in [6.07, 6.45) is 1.72. The Morgan fingerprint density at radius 2 is 2.32 bits per heavy atom. The molecule has 0 fully saturated rings. The van der Waals surface area contributed by atoms with Crippen LogP contribution in [0.15, 0.2) is 18.2 Å². The van der Waals surface area contributed by atoms with E-state index in [0.29, 0.717) is 5.75 Å². The Bertz CT molecular complexity index is 702. The van der Waals surface area contributed by atoms with Crippen LogP contribution in [0.1, 0.15) is 10.4 Å². The number of carbonyl (C=O) groups is 1. The van der Waals surface area contributed by atoms with Crippen molar-refractivity contribution in [3.05, 3.63) is 32.6 Å². The molecule has 0 saturated heterocycles. The number of ether oxygens (including phenoxy) is 1. The molecule has 1 aromatic heterocycles. The summed E-state index contributed by atoms with van der Waals surface area (Å²) in [6, 6.07) is 5.64. The van der Waals surface area contributed by atoms with Crippen LogP contribution in [0.2, 0.25) is 0 Å². The van der Waals surface area contributed by atoms with Crippen molar-refractivity contribution in [3.63, 3.8) is 0 Å². The van der Waals surface area contributed by atoms with E-state index in [0.717, 1.165) is 33.6 Å². The van der Waals surface area contributed by atoms with Crippen LogP contribution in [0, 0.1) is 3.95 Å². The molecule has 0 saturated carbocycles. The number of benzene rings is 1. The van der Waals surface area contributed by atoms with Crippen LogP contribution in [0.5, 0.6) is 5.75 Å². The van der Waals surface area contributed by atoms with Crippen molar-refractivity contribution in [1.82, 2.24) is 4.98 Å². The van der Waals surface area contributed by atoms with E-state index in [1.807, 2.05) is 12.1 Å². The number of fused-ring (bicyclic) bond motifs is 3. The summed E-state index contributed by atoms with van der Waals surface area (Å²) < 4.78 is 6.05. The van der Waals surface area contributed by atoms with Gasteiger partial charge in [-0.2, -0.15) is 0 Å². The summed E-state index contributed by atoms with van der Waals surface area (Å²) in [5.74, 6) is -0.609. The lowest BCUT2D eigenvalue weighted by molar-refractivity contribution is -0.307. The highest BCUT2D eigenvalue weighted by molar-refractivity contribution is 7.73. The highest BCUT2D eigenvalue weighted by Crippen LogP contribution is 2.39. The predicted molar refractivity (Wildman–Crippen MR) is 72.8 cm³/mol. The molecular formula is C13H10NO3S2-. The van der Waals surface area contributed by atoms with Crippen molar-refractivity contribution in [2.75, 3.05) is 6.61 Å². The van der Waals surface area contributed by atoms with Crippen molar-refractivity contribution in [2.45, 2.75) is 12.8 Å². The third-order valence-electron chi connectivity index (χ3n) is 3.07. The number of carboxylic acid groups (broad SMARTS) is 1. The minimum Gasteiger partial charge on any atom is -0.546 e. The van der Waals surface area contributed by atoms with Gasteiger partial charge in [-0.15, -0.1) is 11.3 Å². The van der Waals surface area contributed by atoms with Gasteiger partial charge in [0.2, 0.25) is 0 Å². The fourth-order valence-electron chi connectivity index (χ4n) is 2.32. The molecule has 98 valence electrons. The fourth-order valence-corrected chi connectivity index (χ4v) is 3.57. The van der Waals surface area contributed by atoms with Gasteiger partial charge in [0.1, 0.15) is 12.4 Å². The molecule has 1 aromatic carbocycles. The molecule has 3 rings (SSSR count). The highest BCUT2D eigenvalue weighted by Gasteiger charge is 2.21. The van der Waals surface area contributed by atoms with Gasteiger partial charge < -0.3 is 19.6 Å². The van der Waals surface area contributed by atoms with Gasteiger partial charge in [0, 0.05) is 16.0 Å². The number of hydrogen-bond acceptors (Lipinski definition) is 5. The molecule has 1 aliphatic rings. The first-order valence-electron chi connectivity index (χ1n) is 5.82. The quantitative estimate of drug-likeness (QED) is 0.875. The van der Waals surface area contributed by atoms with Crippen molar-refractivity contribution in [3.8, 4) is 17.0 Å². The number of thiazole rings is 1. The van der Waals surface area contributed by atoms with Crippen LogP contribution < -0.4 is 9.84 Å². The van der Waals surface area contributed by atoms with Crippen molar-refractivity contribution in [2.24, 2.45) is 0 Å². The molecule has 1 aliphatic carbocycles. The van der Waals surface area contributed by atoms with E-state index in [2.05, 4.69) is 4.98 Å². The van der Waals surface area contributed by atoms with Crippen LogP contribution in [-0.4, -0.2) is 17.6 Å². The first-order chi connectivity index (χ1) is 9.15. The molecule has 0 amide bonds. The van der Waals surface area contributed by atoms with E-state index >= 15 is 0 Å². The number of aromatic nitrogens is 1. The first-order valence-corrected chi connectivity index (χ1v) is 7.04. The number of aliphatic carboxylic acids is 1. The zero-order valence-electron chi connectivity index (χ0n) is 9.89. The lowest BCUT2D eigenvalue weighted by atomic mass is 9.93. The molecule has 0 atom stereocenters. The molecular weight excluding hydrogens is 282 g/mol. The second-order valence-corrected chi connectivity index (χ2v) is 6.03. The maximum Gasteiger partial charge on any atom is 0.159 e. The fraction of sp³-hybridized carbons (Fsp3) is 0.231. The van der Waals surface area contributed by atoms with Crippen molar-refractivity contribution >= 4 is 29.5 Å². The Morgan fingerprint density at radius 1 is 1.47 bits per heavy atom. The summed E-state index contributed by atoms with van der Waals surface area (Å²) in [5.41, 5.74) is 3.11. The van der Waals surface area contributed by atoms with Gasteiger partial charge >= 0.3 is 0 Å².